The summed E-state index contributed by atoms with van der Waals surface area (Å²) in [5.74, 6) is 6.04. The van der Waals surface area contributed by atoms with E-state index in [4.69, 9.17) is 15.3 Å². The molecule has 0 saturated heterocycles. The molecule has 0 radical (unpaired) electrons. The molecule has 114 valence electrons. The second kappa shape index (κ2) is 5.28. The Kier molecular flexibility index (Phi) is 3.82. The van der Waals surface area contributed by atoms with Gasteiger partial charge in [0.25, 0.3) is 0 Å². The molecule has 0 spiro atoms. The van der Waals surface area contributed by atoms with Crippen molar-refractivity contribution in [1.29, 1.82) is 0 Å². The lowest BCUT2D eigenvalue weighted by Gasteiger charge is -2.17. The van der Waals surface area contributed by atoms with Crippen LogP contribution in [0, 0.1) is 6.92 Å². The fourth-order valence-corrected chi connectivity index (χ4v) is 2.15. The number of pyridine rings is 1. The lowest BCUT2D eigenvalue weighted by Crippen LogP contribution is -2.16. The molecule has 0 fully saturated rings. The third-order valence-electron chi connectivity index (χ3n) is 3.15. The normalized spacial score (nSPS) is 11.6. The minimum atomic E-state index is -4.57. The number of anilines is 1. The highest BCUT2D eigenvalue weighted by atomic mass is 19.4. The number of aromatic nitrogens is 1. The number of nitrogen functional groups attached to an aromatic ring is 1. The van der Waals surface area contributed by atoms with Gasteiger partial charge < -0.3 is 14.9 Å². The summed E-state index contributed by atoms with van der Waals surface area (Å²) in [6, 6.07) is 2.91. The molecule has 0 bridgehead atoms. The van der Waals surface area contributed by atoms with Gasteiger partial charge in [-0.3, -0.25) is 5.84 Å². The third-order valence-corrected chi connectivity index (χ3v) is 3.15. The van der Waals surface area contributed by atoms with Gasteiger partial charge >= 0.3 is 6.18 Å². The first-order chi connectivity index (χ1) is 9.83. The van der Waals surface area contributed by atoms with E-state index in [-0.39, 0.29) is 22.5 Å². The summed E-state index contributed by atoms with van der Waals surface area (Å²) < 4.78 is 49.3. The zero-order chi connectivity index (χ0) is 15.8. The van der Waals surface area contributed by atoms with Crippen LogP contribution in [0.25, 0.3) is 10.9 Å². The molecule has 5 nitrogen and oxygen atoms in total. The molecule has 0 atom stereocenters. The Labute approximate surface area is 118 Å². The molecule has 2 aromatic rings. The number of hydrogen-bond donors (Lipinski definition) is 2. The van der Waals surface area contributed by atoms with Crippen LogP contribution in [0.5, 0.6) is 11.5 Å². The number of nitrogens with two attached hydrogens (primary N) is 1. The van der Waals surface area contributed by atoms with E-state index in [1.807, 2.05) is 0 Å². The standard InChI is InChI=1S/C13H14F3N3O2/c1-6-11(19-17)7-4-9(20-2)10(21-3)5-8(7)18-12(6)13(14,15)16/h4-5H,17H2,1-3H3,(H,18,19). The molecular weight excluding hydrogens is 287 g/mol. The molecule has 3 N–H and O–H groups in total. The quantitative estimate of drug-likeness (QED) is 0.674. The Morgan fingerprint density at radius 2 is 1.71 bits per heavy atom. The van der Waals surface area contributed by atoms with Crippen LogP contribution in [0.4, 0.5) is 18.9 Å². The van der Waals surface area contributed by atoms with Crippen molar-refractivity contribution in [1.82, 2.24) is 4.98 Å². The maximum Gasteiger partial charge on any atom is 0.433 e. The van der Waals surface area contributed by atoms with Crippen molar-refractivity contribution in [2.75, 3.05) is 19.6 Å². The average molecular weight is 301 g/mol. The first-order valence-corrected chi connectivity index (χ1v) is 5.93. The van der Waals surface area contributed by atoms with E-state index in [2.05, 4.69) is 10.4 Å². The van der Waals surface area contributed by atoms with Crippen LogP contribution in [0.3, 0.4) is 0 Å². The predicted octanol–water partition coefficient (Wildman–Crippen LogP) is 2.86. The van der Waals surface area contributed by atoms with Crippen LogP contribution < -0.4 is 20.7 Å². The predicted molar refractivity (Wildman–Crippen MR) is 72.4 cm³/mol. The summed E-state index contributed by atoms with van der Waals surface area (Å²) in [6.07, 6.45) is -4.57. The van der Waals surface area contributed by atoms with Crippen LogP contribution in [-0.4, -0.2) is 19.2 Å². The van der Waals surface area contributed by atoms with E-state index in [1.54, 1.807) is 0 Å². The van der Waals surface area contributed by atoms with E-state index < -0.39 is 11.9 Å². The number of alkyl halides is 3. The van der Waals surface area contributed by atoms with Gasteiger partial charge in [-0.15, -0.1) is 0 Å². The zero-order valence-corrected chi connectivity index (χ0v) is 11.6. The van der Waals surface area contributed by atoms with Crippen molar-refractivity contribution >= 4 is 16.6 Å². The molecule has 0 amide bonds. The number of fused-ring (bicyclic) bond motifs is 1. The van der Waals surface area contributed by atoms with Crippen LogP contribution in [0.1, 0.15) is 11.3 Å². The van der Waals surface area contributed by atoms with Gasteiger partial charge in [-0.1, -0.05) is 0 Å². The van der Waals surface area contributed by atoms with Gasteiger partial charge in [0.05, 0.1) is 25.4 Å². The molecule has 1 heterocycles. The summed E-state index contributed by atoms with van der Waals surface area (Å²) in [5, 5.41) is 0.417. The van der Waals surface area contributed by atoms with Crippen molar-refractivity contribution < 1.29 is 22.6 Å². The van der Waals surface area contributed by atoms with E-state index in [0.717, 1.165) is 0 Å². The van der Waals surface area contributed by atoms with Crippen molar-refractivity contribution in [2.24, 2.45) is 5.84 Å². The molecular formula is C13H14F3N3O2. The highest BCUT2D eigenvalue weighted by molar-refractivity contribution is 5.95. The molecule has 0 aliphatic heterocycles. The topological polar surface area (TPSA) is 69.4 Å². The second-order valence-corrected chi connectivity index (χ2v) is 4.33. The Hall–Kier alpha value is -2.22. The molecule has 1 aromatic heterocycles. The van der Waals surface area contributed by atoms with E-state index >= 15 is 0 Å². The van der Waals surface area contributed by atoms with E-state index in [1.165, 1.54) is 33.3 Å². The Morgan fingerprint density at radius 3 is 2.19 bits per heavy atom. The van der Waals surface area contributed by atoms with Gasteiger partial charge in [-0.05, 0) is 13.0 Å². The van der Waals surface area contributed by atoms with Crippen molar-refractivity contribution in [2.45, 2.75) is 13.1 Å². The monoisotopic (exact) mass is 301 g/mol. The summed E-state index contributed by atoms with van der Waals surface area (Å²) >= 11 is 0. The lowest BCUT2D eigenvalue weighted by atomic mass is 10.1. The van der Waals surface area contributed by atoms with Crippen molar-refractivity contribution in [3.63, 3.8) is 0 Å². The average Bonchev–Trinajstić information content (AvgIpc) is 2.44. The molecule has 0 aliphatic rings. The molecule has 1 aromatic carbocycles. The van der Waals surface area contributed by atoms with Crippen LogP contribution >= 0.6 is 0 Å². The van der Waals surface area contributed by atoms with Gasteiger partial charge in [0, 0.05) is 17.0 Å². The highest BCUT2D eigenvalue weighted by Crippen LogP contribution is 2.40. The maximum absolute atomic E-state index is 13.0. The fourth-order valence-electron chi connectivity index (χ4n) is 2.15. The van der Waals surface area contributed by atoms with Gasteiger partial charge in [0.2, 0.25) is 0 Å². The van der Waals surface area contributed by atoms with Gasteiger partial charge in [0.15, 0.2) is 11.5 Å². The zero-order valence-electron chi connectivity index (χ0n) is 11.6. The first kappa shape index (κ1) is 15.2. The molecule has 0 saturated carbocycles. The van der Waals surface area contributed by atoms with Gasteiger partial charge in [-0.25, -0.2) is 4.98 Å². The summed E-state index contributed by atoms with van der Waals surface area (Å²) in [4.78, 5) is 3.68. The number of rotatable bonds is 3. The third kappa shape index (κ3) is 2.54. The molecule has 2 rings (SSSR count). The lowest BCUT2D eigenvalue weighted by molar-refractivity contribution is -0.141. The number of hydrazine groups is 1. The molecule has 21 heavy (non-hydrogen) atoms. The van der Waals surface area contributed by atoms with E-state index in [0.29, 0.717) is 11.1 Å². The highest BCUT2D eigenvalue weighted by Gasteiger charge is 2.36. The minimum absolute atomic E-state index is 0.0790. The van der Waals surface area contributed by atoms with Gasteiger partial charge in [0.1, 0.15) is 5.69 Å². The number of hydrogen-bond acceptors (Lipinski definition) is 5. The number of halogens is 3. The Bertz CT molecular complexity index is 687. The molecule has 0 unspecified atom stereocenters. The largest absolute Gasteiger partial charge is 0.493 e. The number of nitrogens with zero attached hydrogens (tertiary/aromatic N) is 1. The second-order valence-electron chi connectivity index (χ2n) is 4.33. The summed E-state index contributed by atoms with van der Waals surface area (Å²) in [7, 11) is 2.83. The van der Waals surface area contributed by atoms with Gasteiger partial charge in [-0.2, -0.15) is 13.2 Å². The summed E-state index contributed by atoms with van der Waals surface area (Å²) in [6.45, 7) is 1.31. The van der Waals surface area contributed by atoms with Crippen molar-refractivity contribution in [3.05, 3.63) is 23.4 Å². The van der Waals surface area contributed by atoms with E-state index in [9.17, 15) is 13.2 Å². The number of benzene rings is 1. The molecule has 8 heteroatoms. The fraction of sp³-hybridized carbons (Fsp3) is 0.308. The number of methoxy groups -OCH3 is 2. The van der Waals surface area contributed by atoms with Crippen LogP contribution in [0.2, 0.25) is 0 Å². The Morgan fingerprint density at radius 1 is 1.14 bits per heavy atom. The Balaban J connectivity index is 2.88. The van der Waals surface area contributed by atoms with Crippen LogP contribution in [-0.2, 0) is 6.18 Å². The molecule has 0 aliphatic carbocycles. The number of nitrogens with one attached hydrogen (secondary N) is 1. The smallest absolute Gasteiger partial charge is 0.433 e. The SMILES string of the molecule is COc1cc2nc(C(F)(F)F)c(C)c(NN)c2cc1OC. The summed E-state index contributed by atoms with van der Waals surface area (Å²) in [5.41, 5.74) is 1.49. The van der Waals surface area contributed by atoms with Crippen LogP contribution in [0.15, 0.2) is 12.1 Å². The van der Waals surface area contributed by atoms with Crippen molar-refractivity contribution in [3.8, 4) is 11.5 Å². The first-order valence-electron chi connectivity index (χ1n) is 5.93. The minimum Gasteiger partial charge on any atom is -0.493 e. The number of ether oxygens (including phenoxy) is 2. The maximum atomic E-state index is 13.0.